The van der Waals surface area contributed by atoms with Gasteiger partial charge in [0.2, 0.25) is 5.88 Å². The summed E-state index contributed by atoms with van der Waals surface area (Å²) in [5, 5.41) is 8.96. The van der Waals surface area contributed by atoms with E-state index in [1.807, 2.05) is 30.2 Å². The highest BCUT2D eigenvalue weighted by Gasteiger charge is 2.20. The Morgan fingerprint density at radius 1 is 1.14 bits per heavy atom. The quantitative estimate of drug-likeness (QED) is 0.415. The molecule has 0 aliphatic rings. The molecule has 0 saturated heterocycles. The van der Waals surface area contributed by atoms with Crippen LogP contribution in [0.15, 0.2) is 18.6 Å². The van der Waals surface area contributed by atoms with Crippen molar-refractivity contribution < 1.29 is 9.47 Å². The van der Waals surface area contributed by atoms with Crippen molar-refractivity contribution in [3.63, 3.8) is 0 Å². The van der Waals surface area contributed by atoms with Crippen LogP contribution in [0.25, 0.3) is 16.8 Å². The van der Waals surface area contributed by atoms with Crippen LogP contribution in [-0.4, -0.2) is 46.2 Å². The standard InChI is InChI=1S/C20H31N5O2Si/c1-14(2)18-15(3)23-19-17(11-22-25(19)20(18)26-4)16-10-21-24(12-16)13-27-8-9-28(5,6)7/h10-12,14H,8-9,13H2,1-7H3. The highest BCUT2D eigenvalue weighted by atomic mass is 28.3. The summed E-state index contributed by atoms with van der Waals surface area (Å²) < 4.78 is 15.1. The summed E-state index contributed by atoms with van der Waals surface area (Å²) in [6.07, 6.45) is 5.63. The number of aryl methyl sites for hydroxylation is 1. The normalized spacial score (nSPS) is 12.3. The van der Waals surface area contributed by atoms with E-state index in [-0.39, 0.29) is 0 Å². The van der Waals surface area contributed by atoms with Gasteiger partial charge in [-0.05, 0) is 18.9 Å². The first-order valence-corrected chi connectivity index (χ1v) is 13.4. The monoisotopic (exact) mass is 401 g/mol. The SMILES string of the molecule is COc1c(C(C)C)c(C)nc2c(-c3cnn(COCC[Si](C)(C)C)c3)cnn12. The Hall–Kier alpha value is -2.19. The lowest BCUT2D eigenvalue weighted by molar-refractivity contribution is 0.0786. The maximum atomic E-state index is 5.79. The number of ether oxygens (including phenoxy) is 2. The van der Waals surface area contributed by atoms with E-state index < -0.39 is 8.07 Å². The predicted octanol–water partition coefficient (Wildman–Crippen LogP) is 4.35. The summed E-state index contributed by atoms with van der Waals surface area (Å²) in [4.78, 5) is 4.81. The van der Waals surface area contributed by atoms with Gasteiger partial charge in [-0.1, -0.05) is 33.5 Å². The second kappa shape index (κ2) is 8.04. The molecule has 28 heavy (non-hydrogen) atoms. The van der Waals surface area contributed by atoms with E-state index in [1.54, 1.807) is 11.6 Å². The third-order valence-electron chi connectivity index (χ3n) is 4.76. The van der Waals surface area contributed by atoms with E-state index in [9.17, 15) is 0 Å². The largest absolute Gasteiger partial charge is 0.481 e. The summed E-state index contributed by atoms with van der Waals surface area (Å²) in [5.74, 6) is 1.04. The Labute approximate surface area is 167 Å². The minimum Gasteiger partial charge on any atom is -0.481 e. The lowest BCUT2D eigenvalue weighted by atomic mass is 10.0. The average molecular weight is 402 g/mol. The van der Waals surface area contributed by atoms with Crippen LogP contribution in [0.4, 0.5) is 0 Å². The highest BCUT2D eigenvalue weighted by molar-refractivity contribution is 6.76. The molecule has 0 fully saturated rings. The summed E-state index contributed by atoms with van der Waals surface area (Å²) in [6, 6.07) is 1.15. The molecule has 0 N–H and O–H groups in total. The van der Waals surface area contributed by atoms with Crippen molar-refractivity contribution in [1.82, 2.24) is 24.4 Å². The molecule has 0 spiro atoms. The Morgan fingerprint density at radius 3 is 2.54 bits per heavy atom. The minimum absolute atomic E-state index is 0.301. The summed E-state index contributed by atoms with van der Waals surface area (Å²) in [7, 11) is 0.600. The van der Waals surface area contributed by atoms with Crippen LogP contribution in [0.5, 0.6) is 5.88 Å². The molecule has 0 aromatic carbocycles. The predicted molar refractivity (Wildman–Crippen MR) is 114 cm³/mol. The smallest absolute Gasteiger partial charge is 0.221 e. The molecule has 0 bridgehead atoms. The maximum Gasteiger partial charge on any atom is 0.221 e. The van der Waals surface area contributed by atoms with Crippen molar-refractivity contribution in [2.75, 3.05) is 13.7 Å². The van der Waals surface area contributed by atoms with Crippen LogP contribution < -0.4 is 4.74 Å². The van der Waals surface area contributed by atoms with Gasteiger partial charge in [-0.3, -0.25) is 0 Å². The van der Waals surface area contributed by atoms with Gasteiger partial charge in [-0.25, -0.2) is 9.67 Å². The van der Waals surface area contributed by atoms with Gasteiger partial charge in [0.15, 0.2) is 5.65 Å². The van der Waals surface area contributed by atoms with Crippen molar-refractivity contribution in [2.24, 2.45) is 0 Å². The first-order chi connectivity index (χ1) is 13.2. The zero-order chi connectivity index (χ0) is 20.5. The van der Waals surface area contributed by atoms with Gasteiger partial charge in [0, 0.05) is 43.3 Å². The average Bonchev–Trinajstić information content (AvgIpc) is 3.22. The fourth-order valence-corrected chi connectivity index (χ4v) is 4.02. The lowest BCUT2D eigenvalue weighted by Gasteiger charge is -2.15. The van der Waals surface area contributed by atoms with E-state index in [4.69, 9.17) is 14.5 Å². The van der Waals surface area contributed by atoms with Crippen LogP contribution >= 0.6 is 0 Å². The van der Waals surface area contributed by atoms with Gasteiger partial charge in [-0.2, -0.15) is 14.7 Å². The Morgan fingerprint density at radius 2 is 1.89 bits per heavy atom. The zero-order valence-electron chi connectivity index (χ0n) is 18.0. The molecule has 3 heterocycles. The molecule has 3 aromatic rings. The van der Waals surface area contributed by atoms with Crippen molar-refractivity contribution >= 4 is 13.7 Å². The lowest BCUT2D eigenvalue weighted by Crippen LogP contribution is -2.22. The molecule has 0 aliphatic heterocycles. The zero-order valence-corrected chi connectivity index (χ0v) is 19.0. The third kappa shape index (κ3) is 4.28. The molecule has 0 amide bonds. The number of nitrogens with zero attached hydrogens (tertiary/aromatic N) is 5. The van der Waals surface area contributed by atoms with E-state index >= 15 is 0 Å². The van der Waals surface area contributed by atoms with E-state index in [2.05, 4.69) is 43.7 Å². The molecule has 0 saturated carbocycles. The maximum absolute atomic E-state index is 5.79. The van der Waals surface area contributed by atoms with Crippen molar-refractivity contribution in [3.8, 4) is 17.0 Å². The molecule has 3 rings (SSSR count). The Balaban J connectivity index is 1.85. The van der Waals surface area contributed by atoms with Gasteiger partial charge in [0.1, 0.15) is 6.73 Å². The summed E-state index contributed by atoms with van der Waals surface area (Å²) >= 11 is 0. The van der Waals surface area contributed by atoms with E-state index in [0.29, 0.717) is 12.6 Å². The summed E-state index contributed by atoms with van der Waals surface area (Å²) in [6.45, 7) is 14.6. The number of fused-ring (bicyclic) bond motifs is 1. The van der Waals surface area contributed by atoms with Crippen LogP contribution in [0.1, 0.15) is 31.0 Å². The molecule has 152 valence electrons. The molecule has 0 aliphatic carbocycles. The number of hydrogen-bond donors (Lipinski definition) is 0. The van der Waals surface area contributed by atoms with Gasteiger partial charge in [0.25, 0.3) is 0 Å². The number of hydrogen-bond acceptors (Lipinski definition) is 5. The topological polar surface area (TPSA) is 66.5 Å². The second-order valence-electron chi connectivity index (χ2n) is 8.69. The highest BCUT2D eigenvalue weighted by Crippen LogP contribution is 2.32. The number of methoxy groups -OCH3 is 1. The van der Waals surface area contributed by atoms with Gasteiger partial charge in [-0.15, -0.1) is 0 Å². The van der Waals surface area contributed by atoms with Crippen LogP contribution in [0.2, 0.25) is 25.7 Å². The van der Waals surface area contributed by atoms with E-state index in [1.165, 1.54) is 0 Å². The van der Waals surface area contributed by atoms with Crippen LogP contribution in [0.3, 0.4) is 0 Å². The van der Waals surface area contributed by atoms with Crippen LogP contribution in [-0.2, 0) is 11.5 Å². The first kappa shape index (κ1) is 20.5. The molecule has 7 nitrogen and oxygen atoms in total. The van der Waals surface area contributed by atoms with Gasteiger partial charge >= 0.3 is 0 Å². The van der Waals surface area contributed by atoms with Crippen molar-refractivity contribution in [1.29, 1.82) is 0 Å². The second-order valence-corrected chi connectivity index (χ2v) is 14.3. The van der Waals surface area contributed by atoms with Crippen molar-refractivity contribution in [3.05, 3.63) is 29.8 Å². The van der Waals surface area contributed by atoms with Gasteiger partial charge in [0.05, 0.1) is 19.5 Å². The Kier molecular flexibility index (Phi) is 5.90. The van der Waals surface area contributed by atoms with Crippen LogP contribution in [0, 0.1) is 6.92 Å². The molecule has 3 aromatic heterocycles. The summed E-state index contributed by atoms with van der Waals surface area (Å²) in [5.41, 5.74) is 4.72. The molecule has 0 atom stereocenters. The molecule has 0 radical (unpaired) electrons. The molecular formula is C20H31N5O2Si. The molecule has 0 unspecified atom stereocenters. The number of rotatable bonds is 8. The van der Waals surface area contributed by atoms with E-state index in [0.717, 1.165) is 46.6 Å². The third-order valence-corrected chi connectivity index (χ3v) is 6.47. The van der Waals surface area contributed by atoms with Crippen molar-refractivity contribution in [2.45, 2.75) is 59.1 Å². The Bertz CT molecular complexity index is 956. The molecular weight excluding hydrogens is 370 g/mol. The molecule has 8 heteroatoms. The van der Waals surface area contributed by atoms with Gasteiger partial charge < -0.3 is 9.47 Å². The fourth-order valence-electron chi connectivity index (χ4n) is 3.26. The minimum atomic E-state index is -1.08. The first-order valence-electron chi connectivity index (χ1n) is 9.74. The number of aromatic nitrogens is 5. The fraction of sp³-hybridized carbons (Fsp3) is 0.550.